The minimum Gasteiger partial charge on any atom is -0.497 e. The number of carbonyl (C=O) groups is 2. The molecular weight excluding hydrogens is 524 g/mol. The van der Waals surface area contributed by atoms with Crippen molar-refractivity contribution in [1.82, 2.24) is 0 Å². The van der Waals surface area contributed by atoms with Crippen molar-refractivity contribution in [3.8, 4) is 5.75 Å². The van der Waals surface area contributed by atoms with Crippen LogP contribution in [0.5, 0.6) is 5.75 Å². The third-order valence-corrected chi connectivity index (χ3v) is 7.68. The summed E-state index contributed by atoms with van der Waals surface area (Å²) >= 11 is 7.07. The van der Waals surface area contributed by atoms with Crippen LogP contribution in [0.3, 0.4) is 0 Å². The number of fused-ring (bicyclic) bond motifs is 1. The third-order valence-electron chi connectivity index (χ3n) is 5.46. The number of hydrogen-bond donors (Lipinski definition) is 2. The average Bonchev–Trinajstić information content (AvgIpc) is 3.33. The smallest absolute Gasteiger partial charge is 0.272 e. The fourth-order valence-electron chi connectivity index (χ4n) is 3.74. The van der Waals surface area contributed by atoms with Crippen LogP contribution in [0.25, 0.3) is 5.57 Å². The highest BCUT2D eigenvalue weighted by molar-refractivity contribution is 8.19. The lowest BCUT2D eigenvalue weighted by Crippen LogP contribution is -2.29. The molecule has 36 heavy (non-hydrogen) atoms. The van der Waals surface area contributed by atoms with E-state index < -0.39 is 21.8 Å². The highest BCUT2D eigenvalue weighted by atomic mass is 35.5. The Bertz CT molecular complexity index is 1580. The predicted octanol–water partition coefficient (Wildman–Crippen LogP) is 4.13. The maximum absolute atomic E-state index is 13.7. The Morgan fingerprint density at radius 1 is 1.03 bits per heavy atom. The number of sulfonamides is 1. The van der Waals surface area contributed by atoms with Crippen molar-refractivity contribution in [3.05, 3.63) is 82.2 Å². The summed E-state index contributed by atoms with van der Waals surface area (Å²) in [7, 11) is -2.35. The molecular formula is C24H17ClN4O5S2. The van der Waals surface area contributed by atoms with Gasteiger partial charge in [-0.15, -0.1) is 0 Å². The molecule has 0 saturated carbocycles. The number of primary sulfonamides is 1. The zero-order valence-electron chi connectivity index (χ0n) is 18.6. The number of amides is 2. The highest BCUT2D eigenvalue weighted by Gasteiger charge is 2.41. The van der Waals surface area contributed by atoms with Crippen LogP contribution < -0.4 is 20.1 Å². The number of ether oxygens (including phenoxy) is 1. The lowest BCUT2D eigenvalue weighted by Gasteiger charge is -2.16. The number of nitrogens with one attached hydrogen (secondary N) is 1. The molecule has 182 valence electrons. The summed E-state index contributed by atoms with van der Waals surface area (Å²) in [6.45, 7) is 0. The van der Waals surface area contributed by atoms with E-state index in [-0.39, 0.29) is 20.5 Å². The van der Waals surface area contributed by atoms with Crippen molar-refractivity contribution in [2.75, 3.05) is 17.3 Å². The molecule has 9 nitrogen and oxygen atoms in total. The van der Waals surface area contributed by atoms with Gasteiger partial charge in [-0.2, -0.15) is 0 Å². The summed E-state index contributed by atoms with van der Waals surface area (Å²) in [4.78, 5) is 32.7. The number of anilines is 2. The largest absolute Gasteiger partial charge is 0.497 e. The van der Waals surface area contributed by atoms with E-state index in [0.717, 1.165) is 11.8 Å². The second-order valence-corrected chi connectivity index (χ2v) is 10.7. The van der Waals surface area contributed by atoms with E-state index in [0.29, 0.717) is 33.4 Å². The molecule has 2 amide bonds. The molecule has 0 atom stereocenters. The number of aliphatic imine (C=N–C) groups is 1. The number of hydrogen-bond acceptors (Lipinski definition) is 7. The van der Waals surface area contributed by atoms with Gasteiger partial charge in [0.2, 0.25) is 10.0 Å². The van der Waals surface area contributed by atoms with Crippen molar-refractivity contribution in [2.24, 2.45) is 10.1 Å². The Labute approximate surface area is 215 Å². The van der Waals surface area contributed by atoms with Gasteiger partial charge in [0.1, 0.15) is 5.75 Å². The molecule has 2 aliphatic rings. The number of nitrogens with zero attached hydrogens (tertiary/aromatic N) is 2. The Hall–Kier alpha value is -3.64. The van der Waals surface area contributed by atoms with Gasteiger partial charge >= 0.3 is 0 Å². The van der Waals surface area contributed by atoms with Crippen LogP contribution in [0.15, 0.2) is 81.5 Å². The first kappa shape index (κ1) is 24.1. The van der Waals surface area contributed by atoms with E-state index in [1.165, 1.54) is 36.3 Å². The van der Waals surface area contributed by atoms with E-state index in [1.807, 2.05) is 0 Å². The third kappa shape index (κ3) is 4.37. The van der Waals surface area contributed by atoms with Crippen molar-refractivity contribution in [3.63, 3.8) is 0 Å². The second kappa shape index (κ2) is 9.10. The molecule has 0 spiro atoms. The molecule has 2 heterocycles. The standard InChI is InChI=1S/C24H17ClN4O5S2/c1-34-16-8-11-19-18(12-16)20(22(30)28-19)21-23(31)29(15-6-2-13(25)3-7-15)24(35-21)27-14-4-9-17(10-5-14)36(26,32)33/h2-12H,1H3,(H,28,30)(H2,26,32,33)/b21-20-,27-24-. The fraction of sp³-hybridized carbons (Fsp3) is 0.0417. The summed E-state index contributed by atoms with van der Waals surface area (Å²) in [5.74, 6) is -0.316. The van der Waals surface area contributed by atoms with Gasteiger partial charge in [-0.05, 0) is 78.5 Å². The van der Waals surface area contributed by atoms with Gasteiger partial charge < -0.3 is 10.1 Å². The topological polar surface area (TPSA) is 131 Å². The lowest BCUT2D eigenvalue weighted by atomic mass is 10.1. The van der Waals surface area contributed by atoms with Gasteiger partial charge in [-0.1, -0.05) is 11.6 Å². The van der Waals surface area contributed by atoms with E-state index in [1.54, 1.807) is 42.5 Å². The van der Waals surface area contributed by atoms with Gasteiger partial charge in [-0.25, -0.2) is 18.5 Å². The van der Waals surface area contributed by atoms with Gasteiger partial charge in [-0.3, -0.25) is 14.5 Å². The number of carbonyl (C=O) groups excluding carboxylic acids is 2. The summed E-state index contributed by atoms with van der Waals surface area (Å²) in [6, 6.07) is 17.3. The first-order chi connectivity index (χ1) is 17.2. The average molecular weight is 541 g/mol. The lowest BCUT2D eigenvalue weighted by molar-refractivity contribution is -0.114. The van der Waals surface area contributed by atoms with Crippen molar-refractivity contribution in [1.29, 1.82) is 0 Å². The molecule has 2 aliphatic heterocycles. The summed E-state index contributed by atoms with van der Waals surface area (Å²) in [6.07, 6.45) is 0. The van der Waals surface area contributed by atoms with Crippen molar-refractivity contribution < 1.29 is 22.7 Å². The zero-order valence-corrected chi connectivity index (χ0v) is 20.9. The molecule has 3 aromatic carbocycles. The van der Waals surface area contributed by atoms with Gasteiger partial charge in [0.25, 0.3) is 11.8 Å². The minimum atomic E-state index is -3.87. The number of rotatable bonds is 4. The molecule has 1 saturated heterocycles. The number of thioether (sulfide) groups is 1. The molecule has 0 unspecified atom stereocenters. The number of halogens is 1. The Balaban J connectivity index is 1.65. The molecule has 3 aromatic rings. The van der Waals surface area contributed by atoms with Gasteiger partial charge in [0.15, 0.2) is 5.17 Å². The van der Waals surface area contributed by atoms with Crippen LogP contribution in [0, 0.1) is 0 Å². The van der Waals surface area contributed by atoms with Crippen molar-refractivity contribution in [2.45, 2.75) is 4.90 Å². The SMILES string of the molecule is COc1ccc2c(c1)/C(=C1/S/C(=N\c3ccc(S(N)(=O)=O)cc3)N(c3ccc(Cl)cc3)C1=O)C(=O)N2. The van der Waals surface area contributed by atoms with E-state index in [2.05, 4.69) is 10.3 Å². The predicted molar refractivity (Wildman–Crippen MR) is 140 cm³/mol. The first-order valence-corrected chi connectivity index (χ1v) is 13.1. The molecule has 1 fully saturated rings. The number of nitrogens with two attached hydrogens (primary N) is 1. The van der Waals surface area contributed by atoms with Gasteiger partial charge in [0.05, 0.1) is 33.9 Å². The van der Waals surface area contributed by atoms with Crippen LogP contribution in [-0.2, 0) is 19.6 Å². The number of methoxy groups -OCH3 is 1. The second-order valence-electron chi connectivity index (χ2n) is 7.72. The first-order valence-electron chi connectivity index (χ1n) is 10.4. The molecule has 0 radical (unpaired) electrons. The molecule has 12 heteroatoms. The fourth-order valence-corrected chi connectivity index (χ4v) is 5.48. The molecule has 3 N–H and O–H groups in total. The zero-order chi connectivity index (χ0) is 25.6. The van der Waals surface area contributed by atoms with Crippen LogP contribution >= 0.6 is 23.4 Å². The van der Waals surface area contributed by atoms with Crippen LogP contribution in [0.1, 0.15) is 5.56 Å². The maximum atomic E-state index is 13.7. The summed E-state index contributed by atoms with van der Waals surface area (Å²) < 4.78 is 28.5. The van der Waals surface area contributed by atoms with Crippen LogP contribution in [0.4, 0.5) is 17.1 Å². The maximum Gasteiger partial charge on any atom is 0.272 e. The van der Waals surface area contributed by atoms with Crippen molar-refractivity contribution >= 4 is 73.0 Å². The quantitative estimate of drug-likeness (QED) is 0.478. The normalized spacial score (nSPS) is 18.5. The van der Waals surface area contributed by atoms with Crippen LogP contribution in [-0.4, -0.2) is 32.5 Å². The van der Waals surface area contributed by atoms with E-state index >= 15 is 0 Å². The number of benzene rings is 3. The molecule has 0 aliphatic carbocycles. The number of amidine groups is 1. The monoisotopic (exact) mass is 540 g/mol. The highest BCUT2D eigenvalue weighted by Crippen LogP contribution is 2.45. The summed E-state index contributed by atoms with van der Waals surface area (Å²) in [5.41, 5.74) is 2.22. The Morgan fingerprint density at radius 2 is 1.72 bits per heavy atom. The molecule has 0 aromatic heterocycles. The Morgan fingerprint density at radius 3 is 2.36 bits per heavy atom. The van der Waals surface area contributed by atoms with Gasteiger partial charge in [0, 0.05) is 16.3 Å². The van der Waals surface area contributed by atoms with E-state index in [9.17, 15) is 18.0 Å². The van der Waals surface area contributed by atoms with E-state index in [4.69, 9.17) is 21.5 Å². The molecule has 5 rings (SSSR count). The Kier molecular flexibility index (Phi) is 6.08. The van der Waals surface area contributed by atoms with Crippen LogP contribution in [0.2, 0.25) is 5.02 Å². The minimum absolute atomic E-state index is 0.0628. The molecule has 0 bridgehead atoms. The summed E-state index contributed by atoms with van der Waals surface area (Å²) in [5, 5.41) is 8.72.